The highest BCUT2D eigenvalue weighted by molar-refractivity contribution is 5.52. The van der Waals surface area contributed by atoms with Crippen LogP contribution in [0, 0.1) is 0 Å². The van der Waals surface area contributed by atoms with Gasteiger partial charge >= 0.3 is 0 Å². The molecule has 0 fully saturated rings. The lowest BCUT2D eigenvalue weighted by Gasteiger charge is -2.03. The van der Waals surface area contributed by atoms with Crippen LogP contribution in [-0.4, -0.2) is 0 Å². The summed E-state index contributed by atoms with van der Waals surface area (Å²) in [4.78, 5) is 0. The van der Waals surface area contributed by atoms with E-state index >= 15 is 0 Å². The fraction of sp³-hybridized carbons (Fsp3) is 0.143. The number of ether oxygens (including phenoxy) is 1. The Kier molecular flexibility index (Phi) is 0.859. The molecule has 9 heavy (non-hydrogen) atoms. The van der Waals surface area contributed by atoms with Gasteiger partial charge in [-0.25, -0.2) is 0 Å². The van der Waals surface area contributed by atoms with Crippen LogP contribution in [-0.2, 0) is 11.3 Å². The SMILES string of the molecule is C1=Cc2cocc2CO1. The molecular weight excluding hydrogens is 116 g/mol. The van der Waals surface area contributed by atoms with Crippen LogP contribution >= 0.6 is 0 Å². The smallest absolute Gasteiger partial charge is 0.116 e. The molecule has 0 N–H and O–H groups in total. The second-order valence-corrected chi connectivity index (χ2v) is 1.97. The van der Waals surface area contributed by atoms with E-state index in [2.05, 4.69) is 0 Å². The number of hydrogen-bond donors (Lipinski definition) is 0. The van der Waals surface area contributed by atoms with Crippen molar-refractivity contribution in [1.82, 2.24) is 0 Å². The quantitative estimate of drug-likeness (QED) is 0.523. The minimum Gasteiger partial charge on any atom is -0.496 e. The van der Waals surface area contributed by atoms with Crippen molar-refractivity contribution in [2.75, 3.05) is 0 Å². The van der Waals surface area contributed by atoms with Gasteiger partial charge in [0.15, 0.2) is 0 Å². The lowest BCUT2D eigenvalue weighted by molar-refractivity contribution is 0.234. The molecule has 0 unspecified atom stereocenters. The highest BCUT2D eigenvalue weighted by Crippen LogP contribution is 2.17. The maximum absolute atomic E-state index is 5.01. The Bertz CT molecular complexity index is 235. The minimum atomic E-state index is 0.641. The molecular formula is C7H6O2. The molecule has 0 saturated heterocycles. The van der Waals surface area contributed by atoms with Gasteiger partial charge < -0.3 is 9.15 Å². The van der Waals surface area contributed by atoms with Gasteiger partial charge in [0.1, 0.15) is 6.61 Å². The summed E-state index contributed by atoms with van der Waals surface area (Å²) in [5.41, 5.74) is 2.25. The second kappa shape index (κ2) is 1.65. The molecule has 0 spiro atoms. The van der Waals surface area contributed by atoms with Crippen LogP contribution in [0.15, 0.2) is 23.2 Å². The molecule has 0 radical (unpaired) electrons. The molecule has 0 atom stereocenters. The van der Waals surface area contributed by atoms with E-state index in [1.165, 1.54) is 0 Å². The van der Waals surface area contributed by atoms with Crippen LogP contribution in [0.2, 0.25) is 0 Å². The highest BCUT2D eigenvalue weighted by Gasteiger charge is 2.04. The summed E-state index contributed by atoms with van der Waals surface area (Å²) in [6.45, 7) is 0.641. The van der Waals surface area contributed by atoms with Crippen LogP contribution in [0.3, 0.4) is 0 Å². The second-order valence-electron chi connectivity index (χ2n) is 1.97. The summed E-state index contributed by atoms with van der Waals surface area (Å²) >= 11 is 0. The lowest BCUT2D eigenvalue weighted by Crippen LogP contribution is -1.90. The van der Waals surface area contributed by atoms with Crippen LogP contribution < -0.4 is 0 Å². The normalized spacial score (nSPS) is 14.7. The van der Waals surface area contributed by atoms with Crippen molar-refractivity contribution >= 4 is 6.08 Å². The Hall–Kier alpha value is -1.18. The molecule has 0 amide bonds. The first-order chi connectivity index (χ1) is 4.47. The van der Waals surface area contributed by atoms with E-state index in [1.807, 2.05) is 6.08 Å². The zero-order valence-corrected chi connectivity index (χ0v) is 4.83. The average molecular weight is 122 g/mol. The minimum absolute atomic E-state index is 0.641. The van der Waals surface area contributed by atoms with E-state index in [-0.39, 0.29) is 0 Å². The van der Waals surface area contributed by atoms with Gasteiger partial charge in [0.2, 0.25) is 0 Å². The molecule has 2 heterocycles. The zero-order valence-electron chi connectivity index (χ0n) is 4.83. The van der Waals surface area contributed by atoms with Crippen molar-refractivity contribution in [3.05, 3.63) is 29.9 Å². The topological polar surface area (TPSA) is 22.4 Å². The predicted molar refractivity (Wildman–Crippen MR) is 32.5 cm³/mol. The number of hydrogen-bond acceptors (Lipinski definition) is 2. The molecule has 2 heteroatoms. The third kappa shape index (κ3) is 0.633. The van der Waals surface area contributed by atoms with Gasteiger partial charge in [-0.2, -0.15) is 0 Å². The average Bonchev–Trinajstić information content (AvgIpc) is 2.33. The van der Waals surface area contributed by atoms with Gasteiger partial charge in [0, 0.05) is 11.1 Å². The van der Waals surface area contributed by atoms with Crippen molar-refractivity contribution in [2.45, 2.75) is 6.61 Å². The molecule has 1 aromatic heterocycles. The molecule has 1 aliphatic heterocycles. The Morgan fingerprint density at radius 2 is 2.33 bits per heavy atom. The molecule has 0 aromatic carbocycles. The maximum Gasteiger partial charge on any atom is 0.116 e. The van der Waals surface area contributed by atoms with E-state index in [1.54, 1.807) is 18.8 Å². The molecule has 2 rings (SSSR count). The maximum atomic E-state index is 5.01. The van der Waals surface area contributed by atoms with Gasteiger partial charge in [0.05, 0.1) is 18.8 Å². The van der Waals surface area contributed by atoms with Gasteiger partial charge in [-0.05, 0) is 6.08 Å². The van der Waals surface area contributed by atoms with Gasteiger partial charge in [0.25, 0.3) is 0 Å². The van der Waals surface area contributed by atoms with Crippen molar-refractivity contribution in [1.29, 1.82) is 0 Å². The molecule has 1 aliphatic rings. The van der Waals surface area contributed by atoms with E-state index in [9.17, 15) is 0 Å². The molecule has 0 aliphatic carbocycles. The van der Waals surface area contributed by atoms with E-state index < -0.39 is 0 Å². The predicted octanol–water partition coefficient (Wildman–Crippen LogP) is 1.78. The summed E-state index contributed by atoms with van der Waals surface area (Å²) in [6.07, 6.45) is 6.99. The standard InChI is InChI=1S/C7H6O2/c1-2-8-4-7-5-9-3-6(1)7/h1-3,5H,4H2. The van der Waals surface area contributed by atoms with Crippen molar-refractivity contribution < 1.29 is 9.15 Å². The van der Waals surface area contributed by atoms with E-state index in [0.29, 0.717) is 6.61 Å². The summed E-state index contributed by atoms with van der Waals surface area (Å²) in [5, 5.41) is 0. The molecule has 2 nitrogen and oxygen atoms in total. The monoisotopic (exact) mass is 122 g/mol. The molecule has 46 valence electrons. The van der Waals surface area contributed by atoms with Crippen LogP contribution in [0.5, 0.6) is 0 Å². The highest BCUT2D eigenvalue weighted by atomic mass is 16.5. The van der Waals surface area contributed by atoms with Crippen LogP contribution in [0.4, 0.5) is 0 Å². The zero-order chi connectivity index (χ0) is 6.10. The summed E-state index contributed by atoms with van der Waals surface area (Å²) < 4.78 is 9.95. The number of fused-ring (bicyclic) bond motifs is 1. The molecule has 1 aromatic rings. The van der Waals surface area contributed by atoms with E-state index in [0.717, 1.165) is 11.1 Å². The Balaban J connectivity index is 2.53. The van der Waals surface area contributed by atoms with Crippen molar-refractivity contribution in [3.63, 3.8) is 0 Å². The number of furan rings is 1. The fourth-order valence-electron chi connectivity index (χ4n) is 0.856. The Morgan fingerprint density at radius 3 is 3.22 bits per heavy atom. The fourth-order valence-corrected chi connectivity index (χ4v) is 0.856. The third-order valence-corrected chi connectivity index (χ3v) is 1.36. The Morgan fingerprint density at radius 1 is 1.33 bits per heavy atom. The van der Waals surface area contributed by atoms with Gasteiger partial charge in [-0.15, -0.1) is 0 Å². The largest absolute Gasteiger partial charge is 0.496 e. The lowest BCUT2D eigenvalue weighted by atomic mass is 10.2. The van der Waals surface area contributed by atoms with Gasteiger partial charge in [-0.3, -0.25) is 0 Å². The summed E-state index contributed by atoms with van der Waals surface area (Å²) in [5.74, 6) is 0. The van der Waals surface area contributed by atoms with Crippen LogP contribution in [0.1, 0.15) is 11.1 Å². The Labute approximate surface area is 52.7 Å². The van der Waals surface area contributed by atoms with Crippen LogP contribution in [0.25, 0.3) is 6.08 Å². The third-order valence-electron chi connectivity index (χ3n) is 1.36. The first-order valence-electron chi connectivity index (χ1n) is 2.80. The molecule has 0 saturated carbocycles. The summed E-state index contributed by atoms with van der Waals surface area (Å²) in [6, 6.07) is 0. The number of rotatable bonds is 0. The van der Waals surface area contributed by atoms with Crippen molar-refractivity contribution in [3.8, 4) is 0 Å². The molecule has 0 bridgehead atoms. The first kappa shape index (κ1) is 4.68. The van der Waals surface area contributed by atoms with Crippen molar-refractivity contribution in [2.24, 2.45) is 0 Å². The summed E-state index contributed by atoms with van der Waals surface area (Å²) in [7, 11) is 0. The first-order valence-corrected chi connectivity index (χ1v) is 2.80. The van der Waals surface area contributed by atoms with Gasteiger partial charge in [-0.1, -0.05) is 0 Å². The van der Waals surface area contributed by atoms with E-state index in [4.69, 9.17) is 9.15 Å².